The second-order valence-corrected chi connectivity index (χ2v) is 7.18. The number of nitrogens with one attached hydrogen (secondary N) is 2. The number of benzene rings is 2. The van der Waals surface area contributed by atoms with Crippen molar-refractivity contribution in [1.29, 1.82) is 0 Å². The summed E-state index contributed by atoms with van der Waals surface area (Å²) < 4.78 is 0. The van der Waals surface area contributed by atoms with Crippen molar-refractivity contribution >= 4 is 28.9 Å². The van der Waals surface area contributed by atoms with Crippen LogP contribution in [-0.2, 0) is 0 Å². The SMILES string of the molecule is CC(=O)c1cccc(NC(=O)c2cc(Nc3c(C)cc(C)cc3C)nc(C)n2)c1. The molecule has 1 amide bonds. The van der Waals surface area contributed by atoms with E-state index in [0.29, 0.717) is 22.9 Å². The van der Waals surface area contributed by atoms with Crippen molar-refractivity contribution in [2.75, 3.05) is 10.6 Å². The van der Waals surface area contributed by atoms with Gasteiger partial charge in [-0.3, -0.25) is 9.59 Å². The molecule has 2 N–H and O–H groups in total. The summed E-state index contributed by atoms with van der Waals surface area (Å²) in [6.07, 6.45) is 0. The normalized spacial score (nSPS) is 10.5. The third-order valence-corrected chi connectivity index (χ3v) is 4.53. The molecule has 6 nitrogen and oxygen atoms in total. The Balaban J connectivity index is 1.86. The van der Waals surface area contributed by atoms with Gasteiger partial charge in [-0.2, -0.15) is 0 Å². The number of anilines is 3. The van der Waals surface area contributed by atoms with Gasteiger partial charge in [-0.25, -0.2) is 9.97 Å². The highest BCUT2D eigenvalue weighted by Gasteiger charge is 2.13. The van der Waals surface area contributed by atoms with E-state index in [2.05, 4.69) is 39.7 Å². The molecular formula is C23H24N4O2. The Morgan fingerprint density at radius 3 is 2.24 bits per heavy atom. The zero-order chi connectivity index (χ0) is 21.1. The monoisotopic (exact) mass is 388 g/mol. The van der Waals surface area contributed by atoms with Crippen LogP contribution < -0.4 is 10.6 Å². The molecule has 29 heavy (non-hydrogen) atoms. The summed E-state index contributed by atoms with van der Waals surface area (Å²) in [5, 5.41) is 6.11. The van der Waals surface area contributed by atoms with Crippen LogP contribution in [0.2, 0.25) is 0 Å². The Labute approximate surface area is 170 Å². The number of rotatable bonds is 5. The summed E-state index contributed by atoms with van der Waals surface area (Å²) in [7, 11) is 0. The average molecular weight is 388 g/mol. The number of hydrogen-bond acceptors (Lipinski definition) is 5. The standard InChI is InChI=1S/C23H24N4O2/c1-13-9-14(2)22(15(3)10-13)27-21-12-20(24-17(5)25-21)23(29)26-19-8-6-7-18(11-19)16(4)28/h6-12H,1-5H3,(H,26,29)(H,24,25,27). The number of aromatic nitrogens is 2. The molecule has 0 saturated heterocycles. The zero-order valence-corrected chi connectivity index (χ0v) is 17.3. The number of ketones is 1. The van der Waals surface area contributed by atoms with Gasteiger partial charge in [-0.05, 0) is 57.9 Å². The number of aryl methyl sites for hydroxylation is 4. The van der Waals surface area contributed by atoms with Gasteiger partial charge in [0.1, 0.15) is 17.3 Å². The van der Waals surface area contributed by atoms with Crippen molar-refractivity contribution < 1.29 is 9.59 Å². The molecule has 3 aromatic rings. The lowest BCUT2D eigenvalue weighted by atomic mass is 10.1. The van der Waals surface area contributed by atoms with Gasteiger partial charge in [-0.1, -0.05) is 29.8 Å². The second kappa shape index (κ2) is 8.22. The van der Waals surface area contributed by atoms with Crippen LogP contribution in [-0.4, -0.2) is 21.7 Å². The Hall–Kier alpha value is -3.54. The van der Waals surface area contributed by atoms with Crippen molar-refractivity contribution in [3.05, 3.63) is 76.2 Å². The highest BCUT2D eigenvalue weighted by Crippen LogP contribution is 2.25. The lowest BCUT2D eigenvalue weighted by molar-refractivity contribution is 0.100. The van der Waals surface area contributed by atoms with E-state index in [9.17, 15) is 9.59 Å². The summed E-state index contributed by atoms with van der Waals surface area (Å²) in [4.78, 5) is 32.9. The minimum atomic E-state index is -0.364. The highest BCUT2D eigenvalue weighted by atomic mass is 16.2. The van der Waals surface area contributed by atoms with Gasteiger partial charge >= 0.3 is 0 Å². The van der Waals surface area contributed by atoms with Crippen LogP contribution in [0.25, 0.3) is 0 Å². The van der Waals surface area contributed by atoms with Crippen molar-refractivity contribution in [3.63, 3.8) is 0 Å². The summed E-state index contributed by atoms with van der Waals surface area (Å²) in [5.41, 5.74) is 5.69. The second-order valence-electron chi connectivity index (χ2n) is 7.18. The van der Waals surface area contributed by atoms with E-state index in [-0.39, 0.29) is 17.4 Å². The molecule has 0 bridgehead atoms. The minimum Gasteiger partial charge on any atom is -0.340 e. The first kappa shape index (κ1) is 20.2. The molecule has 0 unspecified atom stereocenters. The van der Waals surface area contributed by atoms with Crippen LogP contribution in [0.3, 0.4) is 0 Å². The summed E-state index contributed by atoms with van der Waals surface area (Å²) in [6, 6.07) is 12.6. The number of hydrogen-bond donors (Lipinski definition) is 2. The van der Waals surface area contributed by atoms with Gasteiger partial charge in [0.15, 0.2) is 5.78 Å². The quantitative estimate of drug-likeness (QED) is 0.607. The van der Waals surface area contributed by atoms with Gasteiger partial charge in [0, 0.05) is 23.0 Å². The fourth-order valence-electron chi connectivity index (χ4n) is 3.26. The third-order valence-electron chi connectivity index (χ3n) is 4.53. The molecule has 0 aliphatic carbocycles. The topological polar surface area (TPSA) is 84.0 Å². The summed E-state index contributed by atoms with van der Waals surface area (Å²) in [5.74, 6) is 0.612. The van der Waals surface area contributed by atoms with E-state index in [0.717, 1.165) is 16.8 Å². The largest absolute Gasteiger partial charge is 0.340 e. The Kier molecular flexibility index (Phi) is 5.73. The van der Waals surface area contributed by atoms with Crippen molar-refractivity contribution in [2.24, 2.45) is 0 Å². The molecule has 0 aliphatic heterocycles. The van der Waals surface area contributed by atoms with Crippen LogP contribution >= 0.6 is 0 Å². The van der Waals surface area contributed by atoms with Crippen molar-refractivity contribution in [3.8, 4) is 0 Å². The molecule has 2 aromatic carbocycles. The van der Waals surface area contributed by atoms with Gasteiger partial charge < -0.3 is 10.6 Å². The van der Waals surface area contributed by atoms with E-state index in [1.807, 2.05) is 13.8 Å². The van der Waals surface area contributed by atoms with Gasteiger partial charge in [0.05, 0.1) is 0 Å². The lowest BCUT2D eigenvalue weighted by Gasteiger charge is -2.14. The van der Waals surface area contributed by atoms with E-state index in [1.54, 1.807) is 37.3 Å². The Morgan fingerprint density at radius 2 is 1.59 bits per heavy atom. The summed E-state index contributed by atoms with van der Waals surface area (Å²) >= 11 is 0. The van der Waals surface area contributed by atoms with Crippen LogP contribution in [0.5, 0.6) is 0 Å². The maximum Gasteiger partial charge on any atom is 0.274 e. The smallest absolute Gasteiger partial charge is 0.274 e. The number of carbonyl (C=O) groups is 2. The zero-order valence-electron chi connectivity index (χ0n) is 17.3. The van der Waals surface area contributed by atoms with Crippen LogP contribution in [0.15, 0.2) is 42.5 Å². The van der Waals surface area contributed by atoms with Crippen LogP contribution in [0.1, 0.15) is 50.3 Å². The maximum atomic E-state index is 12.7. The molecule has 0 fully saturated rings. The molecule has 0 atom stereocenters. The fraction of sp³-hybridized carbons (Fsp3) is 0.217. The van der Waals surface area contributed by atoms with E-state index < -0.39 is 0 Å². The van der Waals surface area contributed by atoms with Gasteiger partial charge in [0.25, 0.3) is 5.91 Å². The first-order valence-electron chi connectivity index (χ1n) is 9.36. The third kappa shape index (κ3) is 4.85. The first-order valence-corrected chi connectivity index (χ1v) is 9.36. The molecule has 0 spiro atoms. The van der Waals surface area contributed by atoms with Crippen LogP contribution in [0.4, 0.5) is 17.2 Å². The van der Waals surface area contributed by atoms with E-state index in [1.165, 1.54) is 12.5 Å². The molecule has 0 aliphatic rings. The minimum absolute atomic E-state index is 0.0608. The van der Waals surface area contributed by atoms with Crippen molar-refractivity contribution in [1.82, 2.24) is 9.97 Å². The maximum absolute atomic E-state index is 12.7. The van der Waals surface area contributed by atoms with Gasteiger partial charge in [-0.15, -0.1) is 0 Å². The Morgan fingerprint density at radius 1 is 0.897 bits per heavy atom. The van der Waals surface area contributed by atoms with Gasteiger partial charge in [0.2, 0.25) is 0 Å². The Bertz CT molecular complexity index is 1080. The average Bonchev–Trinajstić information content (AvgIpc) is 2.64. The van der Waals surface area contributed by atoms with Crippen LogP contribution in [0, 0.1) is 27.7 Å². The summed E-state index contributed by atoms with van der Waals surface area (Å²) in [6.45, 7) is 9.36. The molecule has 0 saturated carbocycles. The molecule has 3 rings (SSSR count). The number of amides is 1. The fourth-order valence-corrected chi connectivity index (χ4v) is 3.26. The highest BCUT2D eigenvalue weighted by molar-refractivity contribution is 6.04. The number of nitrogens with zero attached hydrogens (tertiary/aromatic N) is 2. The first-order chi connectivity index (χ1) is 13.7. The molecule has 6 heteroatoms. The van der Waals surface area contributed by atoms with Crippen molar-refractivity contribution in [2.45, 2.75) is 34.6 Å². The molecule has 0 radical (unpaired) electrons. The molecular weight excluding hydrogens is 364 g/mol. The molecule has 1 aromatic heterocycles. The molecule has 1 heterocycles. The lowest BCUT2D eigenvalue weighted by Crippen LogP contribution is -2.15. The molecule has 148 valence electrons. The number of Topliss-reactive ketones (excluding diaryl/α,β-unsaturated/α-hetero) is 1. The number of carbonyl (C=O) groups excluding carboxylic acids is 2. The van der Waals surface area contributed by atoms with E-state index in [4.69, 9.17) is 0 Å². The van der Waals surface area contributed by atoms with E-state index >= 15 is 0 Å². The predicted octanol–water partition coefficient (Wildman–Crippen LogP) is 4.91. The predicted molar refractivity (Wildman–Crippen MR) is 115 cm³/mol.